The molecule has 0 radical (unpaired) electrons. The van der Waals surface area contributed by atoms with Crippen LogP contribution >= 0.6 is 0 Å². The maximum Gasteiger partial charge on any atom is 0.136 e. The monoisotopic (exact) mass is 888 g/mol. The van der Waals surface area contributed by atoms with E-state index in [0.717, 1.165) is 72.3 Å². The van der Waals surface area contributed by atoms with Crippen LogP contribution in [0.3, 0.4) is 0 Å². The number of hydrogen-bond acceptors (Lipinski definition) is 2. The predicted molar refractivity (Wildman–Crippen MR) is 295 cm³/mol. The van der Waals surface area contributed by atoms with Crippen molar-refractivity contribution < 1.29 is 4.42 Å². The number of para-hydroxylation sites is 1. The first kappa shape index (κ1) is 38.8. The molecule has 3 heterocycles. The zero-order valence-corrected chi connectivity index (χ0v) is 37.9. The Morgan fingerprint density at radius 1 is 0.257 bits per heavy atom. The normalized spacial score (nSPS) is 12.0. The molecular formula is C67H40N2O. The average molecular weight is 889 g/mol. The maximum atomic E-state index is 6.37. The third-order valence-electron chi connectivity index (χ3n) is 14.7. The van der Waals surface area contributed by atoms with Crippen LogP contribution in [-0.2, 0) is 0 Å². The molecule has 0 aliphatic rings. The van der Waals surface area contributed by atoms with E-state index >= 15 is 0 Å². The summed E-state index contributed by atoms with van der Waals surface area (Å²) in [7, 11) is 0. The molecule has 3 nitrogen and oxygen atoms in total. The second-order valence-corrected chi connectivity index (χ2v) is 18.7. The Morgan fingerprint density at radius 2 is 0.743 bits per heavy atom. The van der Waals surface area contributed by atoms with Gasteiger partial charge in [0, 0.05) is 32.7 Å². The highest BCUT2D eigenvalue weighted by molar-refractivity contribution is 6.29. The summed E-state index contributed by atoms with van der Waals surface area (Å²) in [4.78, 5) is 5.48. The summed E-state index contributed by atoms with van der Waals surface area (Å²) in [5.41, 5.74) is 13.8. The fourth-order valence-corrected chi connectivity index (χ4v) is 11.3. The van der Waals surface area contributed by atoms with Gasteiger partial charge >= 0.3 is 0 Å². The molecule has 0 atom stereocenters. The number of benzene rings is 12. The Bertz CT molecular complexity index is 4560. The molecule has 15 aromatic rings. The van der Waals surface area contributed by atoms with Gasteiger partial charge in [-0.2, -0.15) is 0 Å². The summed E-state index contributed by atoms with van der Waals surface area (Å²) < 4.78 is 8.85. The number of furan rings is 1. The van der Waals surface area contributed by atoms with Gasteiger partial charge in [0.25, 0.3) is 0 Å². The molecule has 0 amide bonds. The Kier molecular flexibility index (Phi) is 8.36. The van der Waals surface area contributed by atoms with Gasteiger partial charge in [-0.25, -0.2) is 4.98 Å². The zero-order chi connectivity index (χ0) is 45.9. The second kappa shape index (κ2) is 15.1. The molecule has 3 heteroatoms. The Morgan fingerprint density at radius 3 is 1.46 bits per heavy atom. The highest BCUT2D eigenvalue weighted by Gasteiger charge is 2.20. The van der Waals surface area contributed by atoms with Gasteiger partial charge in [-0.05, 0) is 149 Å². The Hall–Kier alpha value is -9.31. The van der Waals surface area contributed by atoms with Crippen molar-refractivity contribution in [2.24, 2.45) is 0 Å². The molecule has 70 heavy (non-hydrogen) atoms. The number of pyridine rings is 1. The van der Waals surface area contributed by atoms with E-state index in [2.05, 4.69) is 235 Å². The summed E-state index contributed by atoms with van der Waals surface area (Å²) in [6.07, 6.45) is 0. The SMILES string of the molecule is c1ccc(-c2ccc3c(c2)c2cc4c5ccccc5c5cc(-c6ccc7c(c6)oc6ccccc67)ccc5c4cc2n3-c2cc(-c3ccc4ccccc4c3)nc(-c3ccc4ccccc4c3)c2)cc1. The van der Waals surface area contributed by atoms with Crippen molar-refractivity contribution in [2.45, 2.75) is 0 Å². The van der Waals surface area contributed by atoms with Crippen molar-refractivity contribution in [3.05, 3.63) is 243 Å². The summed E-state index contributed by atoms with van der Waals surface area (Å²) in [5.74, 6) is 0. The van der Waals surface area contributed by atoms with Gasteiger partial charge in [-0.1, -0.05) is 170 Å². The molecule has 3 aromatic heterocycles. The molecule has 0 aliphatic heterocycles. The van der Waals surface area contributed by atoms with E-state index in [-0.39, 0.29) is 0 Å². The highest BCUT2D eigenvalue weighted by atomic mass is 16.3. The predicted octanol–water partition coefficient (Wildman–Crippen LogP) is 18.5. The first-order valence-electron chi connectivity index (χ1n) is 24.0. The van der Waals surface area contributed by atoms with Crippen LogP contribution in [0.25, 0.3) is 148 Å². The minimum absolute atomic E-state index is 0.900. The summed E-state index contributed by atoms with van der Waals surface area (Å²) in [6.45, 7) is 0. The number of nitrogens with zero attached hydrogens (tertiary/aromatic N) is 2. The van der Waals surface area contributed by atoms with Crippen LogP contribution in [0.1, 0.15) is 0 Å². The van der Waals surface area contributed by atoms with Gasteiger partial charge in [0.2, 0.25) is 0 Å². The number of rotatable bonds is 5. The number of fused-ring (bicyclic) bond motifs is 14. The highest BCUT2D eigenvalue weighted by Crippen LogP contribution is 2.44. The topological polar surface area (TPSA) is 31.0 Å². The molecule has 0 unspecified atom stereocenters. The van der Waals surface area contributed by atoms with Crippen LogP contribution in [0.15, 0.2) is 247 Å². The molecule has 0 saturated carbocycles. The van der Waals surface area contributed by atoms with Gasteiger partial charge in [0.15, 0.2) is 0 Å². The molecule has 15 rings (SSSR count). The summed E-state index contributed by atoms with van der Waals surface area (Å²) in [6, 6.07) is 88.5. The molecule has 0 fully saturated rings. The van der Waals surface area contributed by atoms with Crippen LogP contribution in [0, 0.1) is 0 Å². The lowest BCUT2D eigenvalue weighted by Crippen LogP contribution is -1.98. The van der Waals surface area contributed by atoms with Crippen LogP contribution in [0.5, 0.6) is 0 Å². The molecule has 0 saturated heterocycles. The summed E-state index contributed by atoms with van der Waals surface area (Å²) >= 11 is 0. The van der Waals surface area contributed by atoms with Crippen molar-refractivity contribution >= 4 is 97.6 Å². The molecule has 12 aromatic carbocycles. The molecule has 0 aliphatic carbocycles. The van der Waals surface area contributed by atoms with Gasteiger partial charge in [-0.3, -0.25) is 0 Å². The Balaban J connectivity index is 1.01. The second-order valence-electron chi connectivity index (χ2n) is 18.7. The van der Waals surface area contributed by atoms with E-state index < -0.39 is 0 Å². The van der Waals surface area contributed by atoms with Crippen molar-refractivity contribution in [3.8, 4) is 50.5 Å². The molecule has 324 valence electrons. The number of hydrogen-bond donors (Lipinski definition) is 0. The molecule has 0 bridgehead atoms. The van der Waals surface area contributed by atoms with Crippen molar-refractivity contribution in [3.63, 3.8) is 0 Å². The van der Waals surface area contributed by atoms with Crippen LogP contribution < -0.4 is 0 Å². The zero-order valence-electron chi connectivity index (χ0n) is 37.9. The fourth-order valence-electron chi connectivity index (χ4n) is 11.3. The molecule has 0 spiro atoms. The fraction of sp³-hybridized carbons (Fsp3) is 0. The van der Waals surface area contributed by atoms with E-state index in [1.165, 1.54) is 75.8 Å². The molecule has 0 N–H and O–H groups in total. The summed E-state index contributed by atoms with van der Waals surface area (Å²) in [5, 5.41) is 16.8. The van der Waals surface area contributed by atoms with E-state index in [4.69, 9.17) is 9.40 Å². The van der Waals surface area contributed by atoms with Gasteiger partial charge in [0.1, 0.15) is 11.2 Å². The lowest BCUT2D eigenvalue weighted by molar-refractivity contribution is 0.669. The lowest BCUT2D eigenvalue weighted by Gasteiger charge is -2.15. The van der Waals surface area contributed by atoms with Crippen LogP contribution in [-0.4, -0.2) is 9.55 Å². The van der Waals surface area contributed by atoms with E-state index in [1.54, 1.807) is 0 Å². The van der Waals surface area contributed by atoms with Crippen LogP contribution in [0.4, 0.5) is 0 Å². The minimum Gasteiger partial charge on any atom is -0.456 e. The van der Waals surface area contributed by atoms with Crippen molar-refractivity contribution in [1.29, 1.82) is 0 Å². The minimum atomic E-state index is 0.900. The lowest BCUT2D eigenvalue weighted by atomic mass is 9.91. The van der Waals surface area contributed by atoms with Crippen molar-refractivity contribution in [1.82, 2.24) is 9.55 Å². The first-order chi connectivity index (χ1) is 34.6. The average Bonchev–Trinajstić information content (AvgIpc) is 3.97. The number of aromatic nitrogens is 2. The van der Waals surface area contributed by atoms with E-state index in [1.807, 2.05) is 12.1 Å². The van der Waals surface area contributed by atoms with E-state index in [9.17, 15) is 0 Å². The van der Waals surface area contributed by atoms with Gasteiger partial charge < -0.3 is 8.98 Å². The standard InChI is InChI=1S/C67H40N2O/c1-2-12-41(13-3-1)46-28-31-64-60(35-46)61-39-58-53-19-9-8-18-52(53)57-34-47(48-27-30-56-55-20-10-11-21-66(55)70-67(56)36-48)26-29-54(57)59(58)40-65(61)69(64)51-37-62(49-24-22-42-14-4-6-16-44(42)32-49)68-63(38-51)50-25-23-43-15-5-7-17-45(43)33-50/h1-40H. The van der Waals surface area contributed by atoms with E-state index in [0.29, 0.717) is 0 Å². The molecular weight excluding hydrogens is 849 g/mol. The van der Waals surface area contributed by atoms with Crippen LogP contribution in [0.2, 0.25) is 0 Å². The first-order valence-corrected chi connectivity index (χ1v) is 24.0. The van der Waals surface area contributed by atoms with Crippen molar-refractivity contribution in [2.75, 3.05) is 0 Å². The quantitative estimate of drug-likeness (QED) is 0.161. The largest absolute Gasteiger partial charge is 0.456 e. The third kappa shape index (κ3) is 6.05. The van der Waals surface area contributed by atoms with Gasteiger partial charge in [0.05, 0.1) is 28.1 Å². The van der Waals surface area contributed by atoms with Gasteiger partial charge in [-0.15, -0.1) is 0 Å². The third-order valence-corrected chi connectivity index (χ3v) is 14.7. The maximum absolute atomic E-state index is 6.37. The smallest absolute Gasteiger partial charge is 0.136 e. The Labute approximate surface area is 402 Å².